The SMILES string of the molecule is CON(C)C(=O)c1ccn(-c2nc(NC(=O)c3ccc([N+](=O)[O-])s3)c3cnn(-c4ccc(F)cc4)c3n2)c1. The first-order chi connectivity index (χ1) is 18.2. The van der Waals surface area contributed by atoms with Gasteiger partial charge in [-0.2, -0.15) is 15.1 Å². The van der Waals surface area contributed by atoms with Gasteiger partial charge in [0.15, 0.2) is 5.65 Å². The van der Waals surface area contributed by atoms with Crippen LogP contribution in [0.25, 0.3) is 22.7 Å². The van der Waals surface area contributed by atoms with Gasteiger partial charge in [0.1, 0.15) is 11.6 Å². The summed E-state index contributed by atoms with van der Waals surface area (Å²) in [6.45, 7) is 0. The molecular formula is C23H17FN8O5S. The summed E-state index contributed by atoms with van der Waals surface area (Å²) in [5.74, 6) is -1.28. The molecule has 1 aromatic carbocycles. The van der Waals surface area contributed by atoms with E-state index in [4.69, 9.17) is 4.84 Å². The van der Waals surface area contributed by atoms with Gasteiger partial charge in [0, 0.05) is 25.5 Å². The van der Waals surface area contributed by atoms with Gasteiger partial charge in [0.25, 0.3) is 11.8 Å². The van der Waals surface area contributed by atoms with Crippen LogP contribution in [-0.4, -0.2) is 60.3 Å². The van der Waals surface area contributed by atoms with Gasteiger partial charge in [-0.25, -0.2) is 14.1 Å². The maximum Gasteiger partial charge on any atom is 0.324 e. The molecule has 0 atom stereocenters. The molecule has 0 radical (unpaired) electrons. The topological polar surface area (TPSA) is 150 Å². The van der Waals surface area contributed by atoms with Crippen molar-refractivity contribution in [2.45, 2.75) is 0 Å². The summed E-state index contributed by atoms with van der Waals surface area (Å²) in [5.41, 5.74) is 1.08. The zero-order valence-corrected chi connectivity index (χ0v) is 20.5. The lowest BCUT2D eigenvalue weighted by Gasteiger charge is -2.12. The summed E-state index contributed by atoms with van der Waals surface area (Å²) in [6, 6.07) is 9.70. The van der Waals surface area contributed by atoms with Gasteiger partial charge >= 0.3 is 5.00 Å². The number of amides is 2. The highest BCUT2D eigenvalue weighted by Gasteiger charge is 2.21. The van der Waals surface area contributed by atoms with Crippen LogP contribution in [0.1, 0.15) is 20.0 Å². The molecule has 0 spiro atoms. The van der Waals surface area contributed by atoms with Crippen molar-refractivity contribution in [1.29, 1.82) is 0 Å². The predicted molar refractivity (Wildman–Crippen MR) is 134 cm³/mol. The highest BCUT2D eigenvalue weighted by atomic mass is 32.1. The number of halogens is 1. The van der Waals surface area contributed by atoms with Crippen molar-refractivity contribution in [3.05, 3.63) is 87.4 Å². The highest BCUT2D eigenvalue weighted by Crippen LogP contribution is 2.28. The van der Waals surface area contributed by atoms with Gasteiger partial charge in [0.2, 0.25) is 5.95 Å². The smallest absolute Gasteiger partial charge is 0.305 e. The fourth-order valence-corrected chi connectivity index (χ4v) is 4.22. The number of hydrogen-bond acceptors (Lipinski definition) is 9. The van der Waals surface area contributed by atoms with Crippen molar-refractivity contribution in [2.24, 2.45) is 0 Å². The Morgan fingerprint density at radius 3 is 2.61 bits per heavy atom. The molecule has 5 rings (SSSR count). The van der Waals surface area contributed by atoms with E-state index in [1.54, 1.807) is 12.3 Å². The van der Waals surface area contributed by atoms with Crippen LogP contribution in [-0.2, 0) is 4.84 Å². The number of nitrogens with zero attached hydrogens (tertiary/aromatic N) is 7. The normalized spacial score (nSPS) is 11.0. The zero-order chi connectivity index (χ0) is 27.0. The largest absolute Gasteiger partial charge is 0.324 e. The third kappa shape index (κ3) is 4.58. The number of anilines is 1. The molecule has 0 saturated heterocycles. The minimum Gasteiger partial charge on any atom is -0.305 e. The standard InChI is InChI=1S/C23H17FN8O5S/c1-29(37-2)22(34)13-9-10-30(12-13)23-27-19(26-21(33)17-7-8-18(38-17)32(35)36)16-11-25-31(20(16)28-23)15-5-3-14(24)4-6-15/h3-12H,1-2H3,(H,26,27,28,33). The molecule has 0 fully saturated rings. The summed E-state index contributed by atoms with van der Waals surface area (Å²) in [6.07, 6.45) is 4.49. The van der Waals surface area contributed by atoms with Crippen molar-refractivity contribution in [1.82, 2.24) is 29.4 Å². The van der Waals surface area contributed by atoms with Gasteiger partial charge in [-0.05, 0) is 36.4 Å². The Bertz CT molecular complexity index is 1690. The summed E-state index contributed by atoms with van der Waals surface area (Å²) in [4.78, 5) is 49.9. The number of hydroxylamine groups is 2. The van der Waals surface area contributed by atoms with Crippen molar-refractivity contribution in [3.63, 3.8) is 0 Å². The number of nitrogens with one attached hydrogen (secondary N) is 1. The molecule has 0 aliphatic rings. The summed E-state index contributed by atoms with van der Waals surface area (Å²) in [5, 5.41) is 19.3. The number of fused-ring (bicyclic) bond motifs is 1. The number of rotatable bonds is 7. The number of thiophene rings is 1. The van der Waals surface area contributed by atoms with Gasteiger partial charge in [0.05, 0.1) is 39.7 Å². The van der Waals surface area contributed by atoms with E-state index >= 15 is 0 Å². The first-order valence-electron chi connectivity index (χ1n) is 10.8. The number of carbonyl (C=O) groups is 2. The van der Waals surface area contributed by atoms with Crippen molar-refractivity contribution in [2.75, 3.05) is 19.5 Å². The lowest BCUT2D eigenvalue weighted by atomic mass is 10.3. The minimum absolute atomic E-state index is 0.0787. The van der Waals surface area contributed by atoms with E-state index in [9.17, 15) is 24.1 Å². The Balaban J connectivity index is 1.60. The molecule has 13 nitrogen and oxygen atoms in total. The molecule has 5 aromatic rings. The van der Waals surface area contributed by atoms with Gasteiger partial charge in [-0.3, -0.25) is 29.1 Å². The summed E-state index contributed by atoms with van der Waals surface area (Å²) >= 11 is 0.719. The molecule has 4 aromatic heterocycles. The van der Waals surface area contributed by atoms with Crippen molar-refractivity contribution in [3.8, 4) is 11.6 Å². The van der Waals surface area contributed by atoms with Gasteiger partial charge in [-0.1, -0.05) is 11.3 Å². The van der Waals surface area contributed by atoms with Crippen LogP contribution in [0.2, 0.25) is 0 Å². The summed E-state index contributed by atoms with van der Waals surface area (Å²) in [7, 11) is 2.83. The Hall–Kier alpha value is -5.02. The molecule has 0 bridgehead atoms. The first kappa shape index (κ1) is 24.7. The van der Waals surface area contributed by atoms with E-state index in [0.717, 1.165) is 16.4 Å². The maximum atomic E-state index is 13.5. The predicted octanol–water partition coefficient (Wildman–Crippen LogP) is 3.60. The second-order valence-corrected chi connectivity index (χ2v) is 8.85. The van der Waals surface area contributed by atoms with Crippen molar-refractivity contribution >= 4 is 45.0 Å². The van der Waals surface area contributed by atoms with Crippen LogP contribution < -0.4 is 5.32 Å². The molecule has 0 saturated carbocycles. The molecule has 38 heavy (non-hydrogen) atoms. The molecule has 0 aliphatic carbocycles. The zero-order valence-electron chi connectivity index (χ0n) is 19.7. The van der Waals surface area contributed by atoms with Crippen LogP contribution in [0.15, 0.2) is 61.1 Å². The Labute approximate surface area is 216 Å². The van der Waals surface area contributed by atoms with Crippen LogP contribution in [0.3, 0.4) is 0 Å². The molecule has 1 N–H and O–H groups in total. The average molecular weight is 537 g/mol. The first-order valence-corrected chi connectivity index (χ1v) is 11.6. The minimum atomic E-state index is -0.617. The van der Waals surface area contributed by atoms with E-state index in [1.165, 1.54) is 72.2 Å². The van der Waals surface area contributed by atoms with Crippen LogP contribution in [0, 0.1) is 15.9 Å². The average Bonchev–Trinajstić information content (AvgIpc) is 3.68. The molecule has 0 unspecified atom stereocenters. The highest BCUT2D eigenvalue weighted by molar-refractivity contribution is 7.17. The number of carbonyl (C=O) groups excluding carboxylic acids is 2. The molecular weight excluding hydrogens is 519 g/mol. The Morgan fingerprint density at radius 1 is 1.16 bits per heavy atom. The van der Waals surface area contributed by atoms with Crippen LogP contribution in [0.5, 0.6) is 0 Å². The van der Waals surface area contributed by atoms with E-state index in [-0.39, 0.29) is 27.3 Å². The molecule has 0 aliphatic heterocycles. The second kappa shape index (κ2) is 9.79. The fraction of sp³-hybridized carbons (Fsp3) is 0.0870. The summed E-state index contributed by atoms with van der Waals surface area (Å²) < 4.78 is 16.4. The van der Waals surface area contributed by atoms with E-state index < -0.39 is 22.6 Å². The third-order valence-corrected chi connectivity index (χ3v) is 6.48. The van der Waals surface area contributed by atoms with E-state index in [0.29, 0.717) is 16.6 Å². The number of benzene rings is 1. The second-order valence-electron chi connectivity index (χ2n) is 7.78. The number of hydrogen-bond donors (Lipinski definition) is 1. The van der Waals surface area contributed by atoms with Crippen molar-refractivity contribution < 1.29 is 23.7 Å². The monoisotopic (exact) mass is 536 g/mol. The number of nitro groups is 1. The lowest BCUT2D eigenvalue weighted by molar-refractivity contribution is -0.380. The quantitative estimate of drug-likeness (QED) is 0.245. The number of aromatic nitrogens is 5. The Kier molecular flexibility index (Phi) is 6.36. The lowest BCUT2D eigenvalue weighted by Crippen LogP contribution is -2.24. The third-order valence-electron chi connectivity index (χ3n) is 5.45. The maximum absolute atomic E-state index is 13.5. The van der Waals surface area contributed by atoms with Gasteiger partial charge in [-0.15, -0.1) is 0 Å². The van der Waals surface area contributed by atoms with Crippen LogP contribution in [0.4, 0.5) is 15.2 Å². The van der Waals surface area contributed by atoms with Gasteiger partial charge < -0.3 is 5.32 Å². The van der Waals surface area contributed by atoms with E-state index in [1.807, 2.05) is 0 Å². The van der Waals surface area contributed by atoms with E-state index in [2.05, 4.69) is 20.4 Å². The molecule has 2 amide bonds. The van der Waals surface area contributed by atoms with Crippen LogP contribution >= 0.6 is 11.3 Å². The fourth-order valence-electron chi connectivity index (χ4n) is 3.51. The molecule has 192 valence electrons. The Morgan fingerprint density at radius 2 is 1.92 bits per heavy atom. The molecule has 4 heterocycles. The molecule has 15 heteroatoms.